The lowest BCUT2D eigenvalue weighted by Gasteiger charge is -2.34. The number of amides is 1. The molecule has 2 aromatic carbocycles. The Kier molecular flexibility index (Phi) is 6.41. The van der Waals surface area contributed by atoms with Crippen LogP contribution in [0, 0.1) is 5.92 Å². The third-order valence-electron chi connectivity index (χ3n) is 5.96. The van der Waals surface area contributed by atoms with Crippen LogP contribution < -0.4 is 5.56 Å². The highest BCUT2D eigenvalue weighted by molar-refractivity contribution is 6.11. The zero-order valence-corrected chi connectivity index (χ0v) is 17.4. The zero-order valence-electron chi connectivity index (χ0n) is 17.4. The molecule has 0 spiro atoms. The molecule has 0 aliphatic carbocycles. The summed E-state index contributed by atoms with van der Waals surface area (Å²) < 4.78 is 1.26. The minimum atomic E-state index is -1.18. The maximum Gasteiger partial charge on any atom is 0.253 e. The molecule has 31 heavy (non-hydrogen) atoms. The van der Waals surface area contributed by atoms with Gasteiger partial charge in [0, 0.05) is 30.9 Å². The van der Waals surface area contributed by atoms with E-state index in [0.29, 0.717) is 24.6 Å². The molecule has 1 fully saturated rings. The molecule has 2 heterocycles. The number of carbonyl (C=O) groups excluding carboxylic acids is 2. The van der Waals surface area contributed by atoms with Gasteiger partial charge < -0.3 is 4.90 Å². The standard InChI is InChI=1S/C26H26N2O3/c29-23-13-7-8-16-28(23)24(25(30)22-11-5-2-6-12-22)26(31)27-17-14-21(15-18-27)19-20-9-3-1-4-10-20/h1-13,16,21,24H,14-15,17-19H2/t24-/m0/s1. The molecule has 5 nitrogen and oxygen atoms in total. The average Bonchev–Trinajstić information content (AvgIpc) is 2.82. The summed E-state index contributed by atoms with van der Waals surface area (Å²) in [7, 11) is 0. The monoisotopic (exact) mass is 414 g/mol. The second-order valence-corrected chi connectivity index (χ2v) is 8.04. The molecule has 0 radical (unpaired) electrons. The molecule has 3 aromatic rings. The van der Waals surface area contributed by atoms with Crippen LogP contribution in [-0.2, 0) is 11.2 Å². The van der Waals surface area contributed by atoms with E-state index in [9.17, 15) is 14.4 Å². The normalized spacial score (nSPS) is 15.4. The summed E-state index contributed by atoms with van der Waals surface area (Å²) in [6, 6.07) is 22.6. The smallest absolute Gasteiger partial charge is 0.253 e. The molecule has 5 heteroatoms. The van der Waals surface area contributed by atoms with Gasteiger partial charge in [-0.15, -0.1) is 0 Å². The van der Waals surface area contributed by atoms with Crippen LogP contribution in [0.4, 0.5) is 0 Å². The number of nitrogens with zero attached hydrogens (tertiary/aromatic N) is 2. The molecule has 158 valence electrons. The van der Waals surface area contributed by atoms with Crippen LogP contribution in [0.2, 0.25) is 0 Å². The van der Waals surface area contributed by atoms with Crippen LogP contribution in [0.25, 0.3) is 0 Å². The van der Waals surface area contributed by atoms with Crippen molar-refractivity contribution in [2.24, 2.45) is 5.92 Å². The fraction of sp³-hybridized carbons (Fsp3) is 0.269. The van der Waals surface area contributed by atoms with Gasteiger partial charge in [0.25, 0.3) is 11.5 Å². The number of hydrogen-bond donors (Lipinski definition) is 0. The topological polar surface area (TPSA) is 59.4 Å². The van der Waals surface area contributed by atoms with Gasteiger partial charge in [-0.2, -0.15) is 0 Å². The van der Waals surface area contributed by atoms with Gasteiger partial charge >= 0.3 is 0 Å². The molecular weight excluding hydrogens is 388 g/mol. The number of Topliss-reactive ketones (excluding diaryl/α,β-unsaturated/α-hetero) is 1. The predicted molar refractivity (Wildman–Crippen MR) is 120 cm³/mol. The molecular formula is C26H26N2O3. The quantitative estimate of drug-likeness (QED) is 0.456. The Morgan fingerprint density at radius 2 is 1.45 bits per heavy atom. The third kappa shape index (κ3) is 4.82. The largest absolute Gasteiger partial charge is 0.340 e. The molecule has 1 amide bonds. The van der Waals surface area contributed by atoms with E-state index in [1.54, 1.807) is 41.3 Å². The van der Waals surface area contributed by atoms with Crippen LogP contribution in [0.3, 0.4) is 0 Å². The number of aromatic nitrogens is 1. The van der Waals surface area contributed by atoms with Crippen molar-refractivity contribution in [2.75, 3.05) is 13.1 Å². The minimum Gasteiger partial charge on any atom is -0.340 e. The second-order valence-electron chi connectivity index (χ2n) is 8.04. The first-order valence-corrected chi connectivity index (χ1v) is 10.7. The van der Waals surface area contributed by atoms with Gasteiger partial charge in [-0.05, 0) is 36.8 Å². The number of pyridine rings is 1. The van der Waals surface area contributed by atoms with Crippen molar-refractivity contribution in [3.8, 4) is 0 Å². The Balaban J connectivity index is 1.52. The van der Waals surface area contributed by atoms with Crippen LogP contribution in [0.5, 0.6) is 0 Å². The lowest BCUT2D eigenvalue weighted by molar-refractivity contribution is -0.134. The van der Waals surface area contributed by atoms with E-state index in [1.807, 2.05) is 24.3 Å². The average molecular weight is 415 g/mol. The molecule has 1 aliphatic rings. The number of rotatable bonds is 6. The minimum absolute atomic E-state index is 0.305. The van der Waals surface area contributed by atoms with E-state index in [2.05, 4.69) is 12.1 Å². The number of hydrogen-bond acceptors (Lipinski definition) is 3. The summed E-state index contributed by atoms with van der Waals surface area (Å²) in [5, 5.41) is 0. The van der Waals surface area contributed by atoms with Gasteiger partial charge in [0.2, 0.25) is 0 Å². The molecule has 1 aliphatic heterocycles. The zero-order chi connectivity index (χ0) is 21.6. The van der Waals surface area contributed by atoms with E-state index >= 15 is 0 Å². The predicted octanol–water partition coefficient (Wildman–Crippen LogP) is 3.75. The summed E-state index contributed by atoms with van der Waals surface area (Å²) in [4.78, 5) is 41.0. The van der Waals surface area contributed by atoms with Crippen LogP contribution in [0.1, 0.15) is 34.8 Å². The number of likely N-dealkylation sites (tertiary alicyclic amines) is 1. The first-order chi connectivity index (χ1) is 15.1. The fourth-order valence-corrected chi connectivity index (χ4v) is 4.25. The maximum absolute atomic E-state index is 13.5. The number of piperidine rings is 1. The Bertz CT molecular complexity index is 1080. The molecule has 0 N–H and O–H groups in total. The fourth-order valence-electron chi connectivity index (χ4n) is 4.25. The molecule has 0 unspecified atom stereocenters. The highest BCUT2D eigenvalue weighted by atomic mass is 16.2. The molecule has 1 saturated heterocycles. The Morgan fingerprint density at radius 1 is 0.839 bits per heavy atom. The van der Waals surface area contributed by atoms with Gasteiger partial charge in [0.1, 0.15) is 0 Å². The Morgan fingerprint density at radius 3 is 2.10 bits per heavy atom. The first kappa shape index (κ1) is 20.8. The maximum atomic E-state index is 13.5. The van der Waals surface area contributed by atoms with Crippen molar-refractivity contribution >= 4 is 11.7 Å². The SMILES string of the molecule is O=C(c1ccccc1)[C@@H](C(=O)N1CCC(Cc2ccccc2)CC1)n1ccccc1=O. The van der Waals surface area contributed by atoms with Crippen molar-refractivity contribution in [3.05, 3.63) is 107 Å². The highest BCUT2D eigenvalue weighted by Gasteiger charge is 2.35. The van der Waals surface area contributed by atoms with Gasteiger partial charge in [-0.3, -0.25) is 19.0 Å². The van der Waals surface area contributed by atoms with Crippen LogP contribution >= 0.6 is 0 Å². The molecule has 4 rings (SSSR count). The highest BCUT2D eigenvalue weighted by Crippen LogP contribution is 2.25. The molecule has 0 saturated carbocycles. The Hall–Kier alpha value is -3.47. The van der Waals surface area contributed by atoms with Gasteiger partial charge in [-0.25, -0.2) is 0 Å². The number of carbonyl (C=O) groups is 2. The van der Waals surface area contributed by atoms with E-state index in [4.69, 9.17) is 0 Å². The summed E-state index contributed by atoms with van der Waals surface area (Å²) in [6.45, 7) is 1.19. The molecule has 1 atom stereocenters. The van der Waals surface area contributed by atoms with E-state index < -0.39 is 6.04 Å². The lowest BCUT2D eigenvalue weighted by Crippen LogP contribution is -2.46. The van der Waals surface area contributed by atoms with Gasteiger partial charge in [-0.1, -0.05) is 66.7 Å². The van der Waals surface area contributed by atoms with Gasteiger partial charge in [0.05, 0.1) is 0 Å². The van der Waals surface area contributed by atoms with Crippen LogP contribution in [0.15, 0.2) is 89.9 Å². The summed E-state index contributed by atoms with van der Waals surface area (Å²) in [6.07, 6.45) is 4.29. The second kappa shape index (κ2) is 9.56. The first-order valence-electron chi connectivity index (χ1n) is 10.7. The van der Waals surface area contributed by atoms with Gasteiger partial charge in [0.15, 0.2) is 11.8 Å². The molecule has 1 aromatic heterocycles. The summed E-state index contributed by atoms with van der Waals surface area (Å²) in [5.74, 6) is -0.153. The van der Waals surface area contributed by atoms with E-state index in [0.717, 1.165) is 19.3 Å². The third-order valence-corrected chi connectivity index (χ3v) is 5.96. The summed E-state index contributed by atoms with van der Waals surface area (Å²) in [5.41, 5.74) is 1.37. The Labute approximate surface area is 181 Å². The van der Waals surface area contributed by atoms with Crippen molar-refractivity contribution in [1.29, 1.82) is 0 Å². The lowest BCUT2D eigenvalue weighted by atomic mass is 9.89. The van der Waals surface area contributed by atoms with Crippen molar-refractivity contribution in [3.63, 3.8) is 0 Å². The molecule has 0 bridgehead atoms. The van der Waals surface area contributed by atoms with E-state index in [1.165, 1.54) is 22.4 Å². The summed E-state index contributed by atoms with van der Waals surface area (Å²) >= 11 is 0. The van der Waals surface area contributed by atoms with Crippen molar-refractivity contribution in [1.82, 2.24) is 9.47 Å². The van der Waals surface area contributed by atoms with E-state index in [-0.39, 0.29) is 17.2 Å². The number of ketones is 1. The van der Waals surface area contributed by atoms with Crippen molar-refractivity contribution in [2.45, 2.75) is 25.3 Å². The van der Waals surface area contributed by atoms with Crippen LogP contribution in [-0.4, -0.2) is 34.2 Å². The number of benzene rings is 2. The van der Waals surface area contributed by atoms with Crippen molar-refractivity contribution < 1.29 is 9.59 Å².